The highest BCUT2D eigenvalue weighted by molar-refractivity contribution is 6.41. The van der Waals surface area contributed by atoms with Crippen molar-refractivity contribution in [2.75, 3.05) is 23.7 Å². The number of halogens is 2. The molecule has 0 saturated carbocycles. The first-order valence-electron chi connectivity index (χ1n) is 14.4. The lowest BCUT2D eigenvalue weighted by atomic mass is 9.76. The van der Waals surface area contributed by atoms with E-state index in [4.69, 9.17) is 28.3 Å². The SMILES string of the molecule is Cc1ccc(-n2nc(C(C)(C)C)cc2NC(=O)Nc2ccccc2C(C(=O)c2cnc(Cl)c(Cl)c2)C2CCNCC2)cc1. The number of nitrogens with one attached hydrogen (secondary N) is 3. The molecule has 0 spiro atoms. The molecule has 4 aromatic rings. The van der Waals surface area contributed by atoms with Crippen LogP contribution in [0.1, 0.15) is 66.7 Å². The monoisotopic (exact) mass is 618 g/mol. The van der Waals surface area contributed by atoms with E-state index in [2.05, 4.69) is 41.7 Å². The lowest BCUT2D eigenvalue weighted by Gasteiger charge is -2.31. The van der Waals surface area contributed by atoms with Crippen LogP contribution in [0.5, 0.6) is 0 Å². The van der Waals surface area contributed by atoms with Crippen molar-refractivity contribution in [2.24, 2.45) is 5.92 Å². The molecule has 43 heavy (non-hydrogen) atoms. The number of piperidine rings is 1. The number of aromatic nitrogens is 3. The van der Waals surface area contributed by atoms with E-state index in [1.165, 1.54) is 6.20 Å². The molecule has 0 radical (unpaired) electrons. The van der Waals surface area contributed by atoms with Gasteiger partial charge < -0.3 is 10.6 Å². The van der Waals surface area contributed by atoms with Crippen LogP contribution >= 0.6 is 23.2 Å². The number of ketones is 1. The van der Waals surface area contributed by atoms with Crippen LogP contribution < -0.4 is 16.0 Å². The third-order valence-corrected chi connectivity index (χ3v) is 8.45. The van der Waals surface area contributed by atoms with E-state index in [0.717, 1.165) is 48.4 Å². The molecule has 2 aromatic heterocycles. The van der Waals surface area contributed by atoms with Crippen LogP contribution in [0.15, 0.2) is 66.9 Å². The highest BCUT2D eigenvalue weighted by Crippen LogP contribution is 2.38. The van der Waals surface area contributed by atoms with Crippen molar-refractivity contribution in [2.45, 2.75) is 51.9 Å². The van der Waals surface area contributed by atoms with E-state index < -0.39 is 11.9 Å². The molecule has 2 amide bonds. The molecule has 3 N–H and O–H groups in total. The average Bonchev–Trinajstić information content (AvgIpc) is 3.40. The van der Waals surface area contributed by atoms with Gasteiger partial charge in [-0.3, -0.25) is 10.1 Å². The number of hydrogen-bond donors (Lipinski definition) is 3. The first-order chi connectivity index (χ1) is 20.5. The van der Waals surface area contributed by atoms with Crippen LogP contribution in [0.2, 0.25) is 10.2 Å². The van der Waals surface area contributed by atoms with Gasteiger partial charge in [-0.15, -0.1) is 0 Å². The maximum absolute atomic E-state index is 14.1. The quantitative estimate of drug-likeness (QED) is 0.145. The van der Waals surface area contributed by atoms with E-state index in [0.29, 0.717) is 17.1 Å². The third-order valence-electron chi connectivity index (χ3n) is 7.76. The third kappa shape index (κ3) is 7.09. The summed E-state index contributed by atoms with van der Waals surface area (Å²) in [5.41, 5.74) is 4.26. The Hall–Kier alpha value is -3.72. The summed E-state index contributed by atoms with van der Waals surface area (Å²) in [5.74, 6) is -0.0220. The Bertz CT molecular complexity index is 1620. The second-order valence-corrected chi connectivity index (χ2v) is 12.8. The number of carbonyl (C=O) groups is 2. The number of pyridine rings is 1. The van der Waals surface area contributed by atoms with E-state index in [1.54, 1.807) is 10.7 Å². The maximum Gasteiger partial charge on any atom is 0.324 e. The van der Waals surface area contributed by atoms with Gasteiger partial charge >= 0.3 is 6.03 Å². The van der Waals surface area contributed by atoms with Gasteiger partial charge in [-0.05, 0) is 68.6 Å². The summed E-state index contributed by atoms with van der Waals surface area (Å²) in [7, 11) is 0. The molecule has 3 heterocycles. The predicted octanol–water partition coefficient (Wildman–Crippen LogP) is 7.79. The number of benzene rings is 2. The number of nitrogens with zero attached hydrogens (tertiary/aromatic N) is 3. The van der Waals surface area contributed by atoms with Gasteiger partial charge in [-0.1, -0.05) is 79.9 Å². The van der Waals surface area contributed by atoms with E-state index >= 15 is 0 Å². The molecule has 1 fully saturated rings. The summed E-state index contributed by atoms with van der Waals surface area (Å²) >= 11 is 12.3. The summed E-state index contributed by atoms with van der Waals surface area (Å²) in [5, 5.41) is 14.6. The second kappa shape index (κ2) is 12.9. The van der Waals surface area contributed by atoms with Crippen LogP contribution in [0.3, 0.4) is 0 Å². The highest BCUT2D eigenvalue weighted by Gasteiger charge is 2.34. The molecule has 0 aliphatic carbocycles. The molecule has 10 heteroatoms. The Labute approximate surface area is 262 Å². The number of urea groups is 1. The molecular weight excluding hydrogens is 583 g/mol. The van der Waals surface area contributed by atoms with Crippen molar-refractivity contribution in [1.82, 2.24) is 20.1 Å². The van der Waals surface area contributed by atoms with Crippen molar-refractivity contribution in [3.05, 3.63) is 99.4 Å². The number of amides is 2. The smallest absolute Gasteiger partial charge is 0.317 e. The molecule has 8 nitrogen and oxygen atoms in total. The molecule has 224 valence electrons. The van der Waals surface area contributed by atoms with Gasteiger partial charge in [0.2, 0.25) is 0 Å². The first-order valence-corrected chi connectivity index (χ1v) is 15.2. The molecule has 5 rings (SSSR count). The zero-order valence-electron chi connectivity index (χ0n) is 24.7. The summed E-state index contributed by atoms with van der Waals surface area (Å²) in [4.78, 5) is 31.7. The Morgan fingerprint density at radius 3 is 2.37 bits per heavy atom. The average molecular weight is 620 g/mol. The Morgan fingerprint density at radius 2 is 1.70 bits per heavy atom. The van der Waals surface area contributed by atoms with Crippen molar-refractivity contribution in [1.29, 1.82) is 0 Å². The molecule has 2 aromatic carbocycles. The van der Waals surface area contributed by atoms with Gasteiger partial charge in [0, 0.05) is 28.9 Å². The lowest BCUT2D eigenvalue weighted by Crippen LogP contribution is -2.34. The second-order valence-electron chi connectivity index (χ2n) is 12.0. The number of para-hydroxylation sites is 1. The normalized spacial score (nSPS) is 14.7. The van der Waals surface area contributed by atoms with Crippen molar-refractivity contribution in [3.63, 3.8) is 0 Å². The van der Waals surface area contributed by atoms with Crippen molar-refractivity contribution in [3.8, 4) is 5.69 Å². The summed E-state index contributed by atoms with van der Waals surface area (Å²) in [6.07, 6.45) is 3.10. The van der Waals surface area contributed by atoms with Crippen LogP contribution in [-0.2, 0) is 5.41 Å². The van der Waals surface area contributed by atoms with Crippen LogP contribution in [0.25, 0.3) is 5.69 Å². The van der Waals surface area contributed by atoms with Crippen LogP contribution in [-0.4, -0.2) is 39.7 Å². The fourth-order valence-electron chi connectivity index (χ4n) is 5.39. The van der Waals surface area contributed by atoms with Gasteiger partial charge in [-0.25, -0.2) is 14.5 Å². The maximum atomic E-state index is 14.1. The Balaban J connectivity index is 1.47. The molecule has 0 bridgehead atoms. The minimum absolute atomic E-state index is 0.0616. The largest absolute Gasteiger partial charge is 0.324 e. The zero-order valence-corrected chi connectivity index (χ0v) is 26.3. The summed E-state index contributed by atoms with van der Waals surface area (Å²) < 4.78 is 1.74. The number of carbonyl (C=O) groups excluding carboxylic acids is 2. The first kappa shape index (κ1) is 30.7. The Kier molecular flexibility index (Phi) is 9.20. The van der Waals surface area contributed by atoms with Gasteiger partial charge in [0.1, 0.15) is 11.0 Å². The fraction of sp³-hybridized carbons (Fsp3) is 0.333. The van der Waals surface area contributed by atoms with E-state index in [-0.39, 0.29) is 27.3 Å². The predicted molar refractivity (Wildman–Crippen MR) is 173 cm³/mol. The van der Waals surface area contributed by atoms with E-state index in [9.17, 15) is 9.59 Å². The van der Waals surface area contributed by atoms with Crippen molar-refractivity contribution >= 4 is 46.5 Å². The number of aryl methyl sites for hydroxylation is 1. The van der Waals surface area contributed by atoms with Gasteiger partial charge in [0.05, 0.1) is 22.3 Å². The number of Topliss-reactive ketones (excluding diaryl/α,β-unsaturated/α-hetero) is 1. The van der Waals surface area contributed by atoms with Crippen LogP contribution in [0.4, 0.5) is 16.3 Å². The lowest BCUT2D eigenvalue weighted by molar-refractivity contribution is 0.0916. The molecule has 1 aliphatic rings. The zero-order chi connectivity index (χ0) is 30.7. The molecule has 1 saturated heterocycles. The number of anilines is 2. The molecular formula is C33H36Cl2N6O2. The van der Waals surface area contributed by atoms with Gasteiger partial charge in [0.25, 0.3) is 0 Å². The minimum atomic E-state index is -0.511. The summed E-state index contributed by atoms with van der Waals surface area (Å²) in [6.45, 7) is 9.88. The van der Waals surface area contributed by atoms with Crippen LogP contribution in [0, 0.1) is 12.8 Å². The highest BCUT2D eigenvalue weighted by atomic mass is 35.5. The topological polar surface area (TPSA) is 101 Å². The molecule has 1 atom stereocenters. The van der Waals surface area contributed by atoms with Gasteiger partial charge in [0.15, 0.2) is 5.78 Å². The van der Waals surface area contributed by atoms with Gasteiger partial charge in [-0.2, -0.15) is 5.10 Å². The number of hydrogen-bond acceptors (Lipinski definition) is 5. The molecule has 1 aliphatic heterocycles. The Morgan fingerprint density at radius 1 is 1.00 bits per heavy atom. The van der Waals surface area contributed by atoms with E-state index in [1.807, 2.05) is 61.5 Å². The number of rotatable bonds is 7. The van der Waals surface area contributed by atoms with Crippen molar-refractivity contribution < 1.29 is 9.59 Å². The molecule has 1 unspecified atom stereocenters. The fourth-order valence-corrected chi connectivity index (χ4v) is 5.66. The standard InChI is InChI=1S/C33H36Cl2N6O2/c1-20-9-11-23(12-10-20)41-28(18-27(40-41)33(2,3)4)39-32(43)38-26-8-6-5-7-24(26)29(21-13-15-36-16-14-21)30(42)22-17-25(34)31(35)37-19-22/h5-12,17-19,21,29,36H,13-16H2,1-4H3,(H2,38,39,43). The minimum Gasteiger partial charge on any atom is -0.317 e. The summed E-state index contributed by atoms with van der Waals surface area (Å²) in [6, 6.07) is 18.4.